The van der Waals surface area contributed by atoms with E-state index in [2.05, 4.69) is 29.0 Å². The largest absolute Gasteiger partial charge is 0.383 e. The van der Waals surface area contributed by atoms with Crippen LogP contribution in [0.3, 0.4) is 0 Å². The first-order chi connectivity index (χ1) is 9.06. The molecule has 0 aliphatic rings. The molecule has 1 atom stereocenters. The lowest BCUT2D eigenvalue weighted by Crippen LogP contribution is -2.44. The summed E-state index contributed by atoms with van der Waals surface area (Å²) in [4.78, 5) is 6.61. The Morgan fingerprint density at radius 3 is 2.84 bits per heavy atom. The topological polar surface area (TPSA) is 37.4 Å². The van der Waals surface area contributed by atoms with Crippen LogP contribution in [0.15, 0.2) is 18.2 Å². The SMILES string of the molecule is CCN(Cc1cccc(C)n1)C(=S)NC(C)COC. The zero-order valence-corrected chi connectivity index (χ0v) is 13.0. The molecule has 0 aromatic carbocycles. The Labute approximate surface area is 121 Å². The maximum atomic E-state index is 5.43. The van der Waals surface area contributed by atoms with Gasteiger partial charge < -0.3 is 15.0 Å². The van der Waals surface area contributed by atoms with Gasteiger partial charge in [0.1, 0.15) is 0 Å². The van der Waals surface area contributed by atoms with E-state index in [9.17, 15) is 0 Å². The molecule has 0 spiro atoms. The maximum absolute atomic E-state index is 5.43. The Bertz CT molecular complexity index is 411. The molecule has 5 heteroatoms. The molecule has 106 valence electrons. The highest BCUT2D eigenvalue weighted by Gasteiger charge is 2.11. The average Bonchev–Trinajstić information content (AvgIpc) is 2.36. The van der Waals surface area contributed by atoms with E-state index >= 15 is 0 Å². The molecular formula is C14H23N3OS. The van der Waals surface area contributed by atoms with Crippen molar-refractivity contribution in [3.8, 4) is 0 Å². The molecule has 1 aromatic heterocycles. The number of nitrogens with one attached hydrogen (secondary N) is 1. The van der Waals surface area contributed by atoms with E-state index in [-0.39, 0.29) is 6.04 Å². The average molecular weight is 281 g/mol. The summed E-state index contributed by atoms with van der Waals surface area (Å²) >= 11 is 5.43. The minimum absolute atomic E-state index is 0.206. The number of pyridine rings is 1. The number of methoxy groups -OCH3 is 1. The van der Waals surface area contributed by atoms with Crippen LogP contribution in [0.2, 0.25) is 0 Å². The van der Waals surface area contributed by atoms with Crippen LogP contribution < -0.4 is 5.32 Å². The van der Waals surface area contributed by atoms with E-state index in [4.69, 9.17) is 17.0 Å². The van der Waals surface area contributed by atoms with Crippen molar-refractivity contribution in [1.82, 2.24) is 15.2 Å². The number of ether oxygens (including phenoxy) is 1. The fraction of sp³-hybridized carbons (Fsp3) is 0.571. The smallest absolute Gasteiger partial charge is 0.169 e. The van der Waals surface area contributed by atoms with Crippen molar-refractivity contribution in [1.29, 1.82) is 0 Å². The second-order valence-corrected chi connectivity index (χ2v) is 4.98. The Balaban J connectivity index is 2.60. The summed E-state index contributed by atoms with van der Waals surface area (Å²) in [6.45, 7) is 8.35. The van der Waals surface area contributed by atoms with Crippen LogP contribution in [-0.4, -0.2) is 41.3 Å². The summed E-state index contributed by atoms with van der Waals surface area (Å²) < 4.78 is 5.10. The van der Waals surface area contributed by atoms with Crippen LogP contribution >= 0.6 is 12.2 Å². The van der Waals surface area contributed by atoms with Crippen molar-refractivity contribution in [3.63, 3.8) is 0 Å². The first-order valence-corrected chi connectivity index (χ1v) is 6.94. The van der Waals surface area contributed by atoms with Crippen molar-refractivity contribution in [3.05, 3.63) is 29.6 Å². The number of rotatable bonds is 6. The van der Waals surface area contributed by atoms with E-state index in [1.807, 2.05) is 25.1 Å². The van der Waals surface area contributed by atoms with E-state index < -0.39 is 0 Å². The molecule has 4 nitrogen and oxygen atoms in total. The Hall–Kier alpha value is -1.20. The quantitative estimate of drug-likeness (QED) is 0.809. The van der Waals surface area contributed by atoms with Crippen LogP contribution in [0.25, 0.3) is 0 Å². The van der Waals surface area contributed by atoms with Crippen molar-refractivity contribution in [2.45, 2.75) is 33.4 Å². The lowest BCUT2D eigenvalue weighted by atomic mass is 10.3. The lowest BCUT2D eigenvalue weighted by molar-refractivity contribution is 0.178. The molecule has 1 aromatic rings. The van der Waals surface area contributed by atoms with Gasteiger partial charge in [-0.3, -0.25) is 4.98 Å². The second kappa shape index (κ2) is 8.07. The summed E-state index contributed by atoms with van der Waals surface area (Å²) in [5.41, 5.74) is 2.06. The molecule has 0 amide bonds. The van der Waals surface area contributed by atoms with Gasteiger partial charge in [0.15, 0.2) is 5.11 Å². The van der Waals surface area contributed by atoms with E-state index in [1.54, 1.807) is 7.11 Å². The third kappa shape index (κ3) is 5.53. The van der Waals surface area contributed by atoms with Crippen molar-refractivity contribution < 1.29 is 4.74 Å². The number of aromatic nitrogens is 1. The molecule has 0 saturated heterocycles. The lowest BCUT2D eigenvalue weighted by Gasteiger charge is -2.26. The molecule has 1 rings (SSSR count). The van der Waals surface area contributed by atoms with Crippen LogP contribution in [0.5, 0.6) is 0 Å². The molecule has 1 unspecified atom stereocenters. The molecule has 19 heavy (non-hydrogen) atoms. The number of nitrogens with zero attached hydrogens (tertiary/aromatic N) is 2. The summed E-state index contributed by atoms with van der Waals surface area (Å²) in [6.07, 6.45) is 0. The van der Waals surface area contributed by atoms with Crippen molar-refractivity contribution >= 4 is 17.3 Å². The third-order valence-corrected chi connectivity index (χ3v) is 3.13. The Kier molecular flexibility index (Phi) is 6.73. The predicted octanol–water partition coefficient (Wildman–Crippen LogP) is 2.12. The van der Waals surface area contributed by atoms with Crippen molar-refractivity contribution in [2.24, 2.45) is 0 Å². The van der Waals surface area contributed by atoms with Gasteiger partial charge in [-0.2, -0.15) is 0 Å². The van der Waals surface area contributed by atoms with Crippen molar-refractivity contribution in [2.75, 3.05) is 20.3 Å². The highest BCUT2D eigenvalue weighted by molar-refractivity contribution is 7.80. The summed E-state index contributed by atoms with van der Waals surface area (Å²) in [5.74, 6) is 0. The van der Waals surface area contributed by atoms with E-state index in [0.29, 0.717) is 6.61 Å². The van der Waals surface area contributed by atoms with E-state index in [1.165, 1.54) is 0 Å². The molecule has 0 fully saturated rings. The molecule has 0 aliphatic heterocycles. The monoisotopic (exact) mass is 281 g/mol. The molecule has 1 N–H and O–H groups in total. The second-order valence-electron chi connectivity index (χ2n) is 4.59. The standard InChI is InChI=1S/C14H23N3OS/c1-5-17(14(19)16-12(3)10-18-4)9-13-8-6-7-11(2)15-13/h6-8,12H,5,9-10H2,1-4H3,(H,16,19). The fourth-order valence-electron chi connectivity index (χ4n) is 1.80. The van der Waals surface area contributed by atoms with E-state index in [0.717, 1.165) is 29.6 Å². The van der Waals surface area contributed by atoms with Gasteiger partial charge in [0, 0.05) is 25.4 Å². The molecule has 0 bridgehead atoms. The third-order valence-electron chi connectivity index (χ3n) is 2.75. The summed E-state index contributed by atoms with van der Waals surface area (Å²) in [5, 5.41) is 4.02. The van der Waals surface area contributed by atoms with Gasteiger partial charge in [-0.25, -0.2) is 0 Å². The van der Waals surface area contributed by atoms with Crippen LogP contribution in [0.1, 0.15) is 25.2 Å². The number of aryl methyl sites for hydroxylation is 1. The minimum atomic E-state index is 0.206. The first-order valence-electron chi connectivity index (χ1n) is 6.53. The highest BCUT2D eigenvalue weighted by atomic mass is 32.1. The number of hydrogen-bond donors (Lipinski definition) is 1. The number of hydrogen-bond acceptors (Lipinski definition) is 3. The molecular weight excluding hydrogens is 258 g/mol. The van der Waals surface area contributed by atoms with Crippen LogP contribution in [0, 0.1) is 6.92 Å². The summed E-state index contributed by atoms with van der Waals surface area (Å²) in [6, 6.07) is 6.25. The van der Waals surface area contributed by atoms with Gasteiger partial charge in [0.2, 0.25) is 0 Å². The van der Waals surface area contributed by atoms with Gasteiger partial charge in [-0.05, 0) is 45.1 Å². The highest BCUT2D eigenvalue weighted by Crippen LogP contribution is 2.04. The van der Waals surface area contributed by atoms with Gasteiger partial charge in [-0.15, -0.1) is 0 Å². The fourth-order valence-corrected chi connectivity index (χ4v) is 2.20. The zero-order chi connectivity index (χ0) is 14.3. The predicted molar refractivity (Wildman–Crippen MR) is 82.1 cm³/mol. The van der Waals surface area contributed by atoms with Gasteiger partial charge in [0.25, 0.3) is 0 Å². The minimum Gasteiger partial charge on any atom is -0.383 e. The first kappa shape index (κ1) is 15.9. The van der Waals surface area contributed by atoms with Crippen LogP contribution in [-0.2, 0) is 11.3 Å². The van der Waals surface area contributed by atoms with Gasteiger partial charge in [0.05, 0.1) is 18.8 Å². The van der Waals surface area contributed by atoms with Crippen LogP contribution in [0.4, 0.5) is 0 Å². The zero-order valence-electron chi connectivity index (χ0n) is 12.1. The molecule has 0 aliphatic carbocycles. The summed E-state index contributed by atoms with van der Waals surface area (Å²) in [7, 11) is 1.69. The Morgan fingerprint density at radius 1 is 1.53 bits per heavy atom. The Morgan fingerprint density at radius 2 is 2.26 bits per heavy atom. The molecule has 0 radical (unpaired) electrons. The molecule has 0 saturated carbocycles. The van der Waals surface area contributed by atoms with Gasteiger partial charge >= 0.3 is 0 Å². The molecule has 1 heterocycles. The maximum Gasteiger partial charge on any atom is 0.169 e. The van der Waals surface area contributed by atoms with Gasteiger partial charge in [-0.1, -0.05) is 6.07 Å². The normalized spacial score (nSPS) is 12.0. The number of thiocarbonyl (C=S) groups is 1.